The van der Waals surface area contributed by atoms with E-state index >= 15 is 4.79 Å². The van der Waals surface area contributed by atoms with E-state index in [1.807, 2.05) is 0 Å². The van der Waals surface area contributed by atoms with Crippen LogP contribution in [0, 0.1) is 16.7 Å². The number of hydrogen-bond donors (Lipinski definition) is 1. The highest BCUT2D eigenvalue weighted by molar-refractivity contribution is 7.10. The summed E-state index contributed by atoms with van der Waals surface area (Å²) >= 11 is 0.361. The number of hydrogen-bond acceptors (Lipinski definition) is 8. The number of amides is 2. The lowest BCUT2D eigenvalue weighted by atomic mass is 9.72. The van der Waals surface area contributed by atoms with E-state index in [1.165, 1.54) is 4.90 Å². The maximum Gasteiger partial charge on any atom is 0.425 e. The molecule has 6 rings (SSSR count). The first-order chi connectivity index (χ1) is 26.9. The lowest BCUT2D eigenvalue weighted by Crippen LogP contribution is -2.68. The van der Waals surface area contributed by atoms with Gasteiger partial charge in [0.25, 0.3) is 11.8 Å². The van der Waals surface area contributed by atoms with Crippen LogP contribution in [0.2, 0.25) is 0 Å². The molecule has 3 aliphatic rings. The number of alkyl halides is 6. The van der Waals surface area contributed by atoms with Crippen LogP contribution in [0.15, 0.2) is 54.0 Å². The summed E-state index contributed by atoms with van der Waals surface area (Å²) in [5.41, 5.74) is -5.66. The second-order valence-electron chi connectivity index (χ2n) is 15.3. The Morgan fingerprint density at radius 1 is 1.02 bits per heavy atom. The highest BCUT2D eigenvalue weighted by atomic mass is 32.1. The summed E-state index contributed by atoms with van der Waals surface area (Å²) in [6, 6.07) is 10.8. The van der Waals surface area contributed by atoms with Gasteiger partial charge in [0.2, 0.25) is 5.60 Å². The number of carboxylic acid groups (broad SMARTS) is 1. The number of pyridine rings is 1. The van der Waals surface area contributed by atoms with Gasteiger partial charge in [0, 0.05) is 55.7 Å². The van der Waals surface area contributed by atoms with E-state index in [9.17, 15) is 46.3 Å². The number of benzene rings is 1. The molecule has 2 aliphatic heterocycles. The Kier molecular flexibility index (Phi) is 11.6. The minimum atomic E-state index is -4.93. The predicted molar refractivity (Wildman–Crippen MR) is 194 cm³/mol. The molecule has 1 aromatic carbocycles. The van der Waals surface area contributed by atoms with E-state index in [0.29, 0.717) is 41.9 Å². The van der Waals surface area contributed by atoms with Gasteiger partial charge in [0.15, 0.2) is 0 Å². The molecule has 0 bridgehead atoms. The summed E-state index contributed by atoms with van der Waals surface area (Å²) in [6.45, 7) is 3.34. The van der Waals surface area contributed by atoms with Crippen LogP contribution in [0.1, 0.15) is 98.1 Å². The van der Waals surface area contributed by atoms with Crippen molar-refractivity contribution in [3.8, 4) is 17.6 Å². The number of thiophene rings is 1. The highest BCUT2D eigenvalue weighted by Gasteiger charge is 2.57. The Bertz CT molecular complexity index is 2030. The summed E-state index contributed by atoms with van der Waals surface area (Å²) in [5, 5.41) is 21.5. The Morgan fingerprint density at radius 3 is 2.35 bits per heavy atom. The Morgan fingerprint density at radius 2 is 1.74 bits per heavy atom. The number of piperidine rings is 2. The van der Waals surface area contributed by atoms with Crippen molar-refractivity contribution in [1.82, 2.24) is 14.8 Å². The summed E-state index contributed by atoms with van der Waals surface area (Å²) in [5.74, 6) is -2.51. The number of aromatic nitrogens is 1. The fourth-order valence-corrected chi connectivity index (χ4v) is 9.18. The fourth-order valence-electron chi connectivity index (χ4n) is 8.50. The molecule has 0 radical (unpaired) electrons. The normalized spacial score (nSPS) is 25.1. The zero-order valence-corrected chi connectivity index (χ0v) is 32.1. The van der Waals surface area contributed by atoms with Crippen LogP contribution in [-0.4, -0.2) is 75.1 Å². The van der Waals surface area contributed by atoms with Crippen LogP contribution in [0.5, 0.6) is 11.5 Å². The van der Waals surface area contributed by atoms with Crippen molar-refractivity contribution in [3.05, 3.63) is 75.7 Å². The zero-order chi connectivity index (χ0) is 41.4. The molecular weight excluding hydrogens is 779 g/mol. The summed E-state index contributed by atoms with van der Waals surface area (Å²) < 4.78 is 96.2. The lowest BCUT2D eigenvalue weighted by Gasteiger charge is -2.51. The number of likely N-dealkylation sites (tertiary alicyclic amines) is 2. The van der Waals surface area contributed by atoms with E-state index in [4.69, 9.17) is 9.47 Å². The number of carbonyl (C=O) groups excluding carboxylic acids is 2. The van der Waals surface area contributed by atoms with E-state index in [0.717, 1.165) is 34.7 Å². The van der Waals surface area contributed by atoms with Crippen LogP contribution in [0.25, 0.3) is 0 Å². The first kappa shape index (κ1) is 41.8. The maximum atomic E-state index is 15.0. The number of nitriles is 1. The quantitative estimate of drug-likeness (QED) is 0.202. The number of rotatable bonds is 10. The monoisotopic (exact) mass is 820 g/mol. The SMILES string of the molecule is CCCC1N(C(=O)c2ncccc2C(F)(F)F)CCCC1(Oc1csc(C(F)(F)F)c1)C(=O)N1CCC(C#N)(c2ccccc2OC2CCC(C)(C(=O)O)C2)CC1. The van der Waals surface area contributed by atoms with E-state index < -0.39 is 74.8 Å². The molecule has 17 heteroatoms. The number of ether oxygens (including phenoxy) is 2. The van der Waals surface area contributed by atoms with Gasteiger partial charge in [-0.15, -0.1) is 11.3 Å². The van der Waals surface area contributed by atoms with Crippen LogP contribution < -0.4 is 9.47 Å². The van der Waals surface area contributed by atoms with Crippen molar-refractivity contribution >= 4 is 29.1 Å². The number of halogens is 6. The molecule has 1 N–H and O–H groups in total. The van der Waals surface area contributed by atoms with Crippen LogP contribution in [-0.2, 0) is 27.4 Å². The molecule has 4 atom stereocenters. The molecule has 2 saturated heterocycles. The lowest BCUT2D eigenvalue weighted by molar-refractivity contribution is -0.160. The number of carboxylic acids is 1. The van der Waals surface area contributed by atoms with Gasteiger partial charge in [-0.1, -0.05) is 31.5 Å². The van der Waals surface area contributed by atoms with Gasteiger partial charge in [-0.3, -0.25) is 19.4 Å². The van der Waals surface area contributed by atoms with Crippen LogP contribution in [0.4, 0.5) is 26.3 Å². The topological polar surface area (TPSA) is 133 Å². The molecule has 306 valence electrons. The number of para-hydroxylation sites is 1. The Balaban J connectivity index is 1.33. The average Bonchev–Trinajstić information content (AvgIpc) is 3.82. The number of aliphatic carboxylic acids is 1. The molecule has 57 heavy (non-hydrogen) atoms. The van der Waals surface area contributed by atoms with Crippen molar-refractivity contribution in [2.75, 3.05) is 19.6 Å². The molecule has 2 amide bonds. The second-order valence-corrected chi connectivity index (χ2v) is 16.2. The molecule has 10 nitrogen and oxygen atoms in total. The molecule has 1 saturated carbocycles. The number of nitrogens with zero attached hydrogens (tertiary/aromatic N) is 4. The summed E-state index contributed by atoms with van der Waals surface area (Å²) in [6.07, 6.45) is -7.13. The maximum absolute atomic E-state index is 15.0. The average molecular weight is 821 g/mol. The third-order valence-electron chi connectivity index (χ3n) is 11.5. The third-order valence-corrected chi connectivity index (χ3v) is 12.5. The first-order valence-corrected chi connectivity index (χ1v) is 19.6. The third kappa shape index (κ3) is 8.15. The van der Waals surface area contributed by atoms with Gasteiger partial charge in [0.05, 0.1) is 34.6 Å². The summed E-state index contributed by atoms with van der Waals surface area (Å²) in [4.78, 5) is 46.4. The molecule has 3 fully saturated rings. The minimum absolute atomic E-state index is 0.00492. The van der Waals surface area contributed by atoms with E-state index in [2.05, 4.69) is 11.1 Å². The Hall–Kier alpha value is -4.85. The molecule has 4 heterocycles. The van der Waals surface area contributed by atoms with Crippen molar-refractivity contribution < 1.29 is 55.3 Å². The van der Waals surface area contributed by atoms with Crippen molar-refractivity contribution in [2.45, 2.75) is 107 Å². The molecule has 1 aliphatic carbocycles. The first-order valence-electron chi connectivity index (χ1n) is 18.8. The molecule has 0 spiro atoms. The van der Waals surface area contributed by atoms with E-state index in [1.54, 1.807) is 38.1 Å². The molecule has 3 aromatic rings. The minimum Gasteiger partial charge on any atom is -0.490 e. The molecule has 4 unspecified atom stereocenters. The van der Waals surface area contributed by atoms with Crippen molar-refractivity contribution in [1.29, 1.82) is 5.26 Å². The van der Waals surface area contributed by atoms with Gasteiger partial charge in [-0.25, -0.2) is 0 Å². The zero-order valence-electron chi connectivity index (χ0n) is 31.3. The van der Waals surface area contributed by atoms with Gasteiger partial charge in [0.1, 0.15) is 22.1 Å². The fraction of sp³-hybridized carbons (Fsp3) is 0.525. The van der Waals surface area contributed by atoms with E-state index in [-0.39, 0.29) is 63.9 Å². The standard InChI is InChI=1S/C40H42F6N4O6S/c1-3-8-30-38(56-26-21-31(57-23-26)40(44,45)46,13-7-18-50(30)33(51)32-28(39(41,42)43)10-6-17-48-32)34(52)49-19-15-37(24-47,16-20-49)27-9-4-5-11-29(27)55-25-12-14-36(2,22-25)35(53)54/h4-6,9-11,17,21,23,25,30H,3,7-8,12-16,18-20,22H2,1-2H3,(H,53,54). The number of carbonyl (C=O) groups is 3. The van der Waals surface area contributed by atoms with Gasteiger partial charge < -0.3 is 24.4 Å². The van der Waals surface area contributed by atoms with Gasteiger partial charge >= 0.3 is 18.3 Å². The highest BCUT2D eigenvalue weighted by Crippen LogP contribution is 2.46. The van der Waals surface area contributed by atoms with Gasteiger partial charge in [-0.05, 0) is 63.6 Å². The van der Waals surface area contributed by atoms with Crippen LogP contribution in [0.3, 0.4) is 0 Å². The predicted octanol–water partition coefficient (Wildman–Crippen LogP) is 8.51. The smallest absolute Gasteiger partial charge is 0.425 e. The van der Waals surface area contributed by atoms with Crippen molar-refractivity contribution in [2.24, 2.45) is 5.41 Å². The molecular formula is C40H42F6N4O6S. The largest absolute Gasteiger partial charge is 0.490 e. The summed E-state index contributed by atoms with van der Waals surface area (Å²) in [7, 11) is 0. The second kappa shape index (κ2) is 15.8. The van der Waals surface area contributed by atoms with Crippen molar-refractivity contribution in [3.63, 3.8) is 0 Å². The van der Waals surface area contributed by atoms with Crippen LogP contribution >= 0.6 is 11.3 Å². The molecule has 2 aromatic heterocycles. The Labute approximate surface area is 329 Å². The van der Waals surface area contributed by atoms with Gasteiger partial charge in [-0.2, -0.15) is 31.6 Å².